The van der Waals surface area contributed by atoms with Gasteiger partial charge in [0.15, 0.2) is 0 Å². The summed E-state index contributed by atoms with van der Waals surface area (Å²) in [6, 6.07) is -0.276. The Morgan fingerprint density at radius 3 is 2.21 bits per heavy atom. The van der Waals surface area contributed by atoms with Crippen LogP contribution in [0.15, 0.2) is 4.52 Å². The molecule has 0 bridgehead atoms. The molecule has 0 amide bonds. The van der Waals surface area contributed by atoms with Gasteiger partial charge in [-0.2, -0.15) is 4.98 Å². The third-order valence-corrected chi connectivity index (χ3v) is 3.61. The van der Waals surface area contributed by atoms with Crippen LogP contribution in [0.5, 0.6) is 0 Å². The molecule has 19 heavy (non-hydrogen) atoms. The molecule has 0 saturated carbocycles. The van der Waals surface area contributed by atoms with Crippen molar-refractivity contribution in [1.82, 2.24) is 10.1 Å². The second kappa shape index (κ2) is 6.01. The minimum Gasteiger partial charge on any atom is -0.367 e. The maximum Gasteiger partial charge on any atom is 0.244 e. The minimum absolute atomic E-state index is 0.115. The quantitative estimate of drug-likeness (QED) is 0.858. The number of rotatable bonds is 6. The highest BCUT2D eigenvalue weighted by molar-refractivity contribution is 5.04. The van der Waals surface area contributed by atoms with Crippen molar-refractivity contribution < 1.29 is 9.26 Å². The van der Waals surface area contributed by atoms with Crippen LogP contribution >= 0.6 is 0 Å². The summed E-state index contributed by atoms with van der Waals surface area (Å²) in [6.07, 6.45) is 1.61. The third-order valence-electron chi connectivity index (χ3n) is 3.61. The molecule has 5 heteroatoms. The lowest BCUT2D eigenvalue weighted by Gasteiger charge is -2.28. The number of ether oxygens (including phenoxy) is 1. The molecule has 0 spiro atoms. The van der Waals surface area contributed by atoms with Gasteiger partial charge in [-0.3, -0.25) is 0 Å². The molecule has 1 rings (SSSR count). The van der Waals surface area contributed by atoms with Gasteiger partial charge in [-0.15, -0.1) is 0 Å². The summed E-state index contributed by atoms with van der Waals surface area (Å²) in [5, 5.41) is 4.09. The Labute approximate surface area is 115 Å². The first-order chi connectivity index (χ1) is 8.80. The molecule has 5 nitrogen and oxygen atoms in total. The average Bonchev–Trinajstić information content (AvgIpc) is 2.84. The first kappa shape index (κ1) is 16.1. The minimum atomic E-state index is -0.464. The van der Waals surface area contributed by atoms with Crippen LogP contribution in [0.25, 0.3) is 0 Å². The summed E-state index contributed by atoms with van der Waals surface area (Å²) < 4.78 is 11.2. The molecular weight excluding hydrogens is 242 g/mol. The highest BCUT2D eigenvalue weighted by Crippen LogP contribution is 2.34. The van der Waals surface area contributed by atoms with Crippen LogP contribution in [-0.2, 0) is 10.3 Å². The molecule has 1 aromatic heterocycles. The normalized spacial score (nSPS) is 14.7. The lowest BCUT2D eigenvalue weighted by atomic mass is 9.87. The van der Waals surface area contributed by atoms with Gasteiger partial charge in [-0.25, -0.2) is 0 Å². The van der Waals surface area contributed by atoms with E-state index in [1.54, 1.807) is 0 Å². The summed E-state index contributed by atoms with van der Waals surface area (Å²) in [4.78, 5) is 4.48. The van der Waals surface area contributed by atoms with Crippen molar-refractivity contribution in [2.75, 3.05) is 6.61 Å². The summed E-state index contributed by atoms with van der Waals surface area (Å²) in [5.74, 6) is 1.09. The largest absolute Gasteiger partial charge is 0.367 e. The third kappa shape index (κ3) is 3.34. The van der Waals surface area contributed by atoms with Crippen molar-refractivity contribution in [2.45, 2.75) is 66.0 Å². The van der Waals surface area contributed by atoms with E-state index in [1.807, 2.05) is 6.92 Å². The summed E-state index contributed by atoms with van der Waals surface area (Å²) in [6.45, 7) is 12.9. The van der Waals surface area contributed by atoms with Crippen LogP contribution < -0.4 is 5.73 Å². The highest BCUT2D eigenvalue weighted by Gasteiger charge is 2.36. The van der Waals surface area contributed by atoms with Gasteiger partial charge in [0.1, 0.15) is 5.60 Å². The molecule has 1 aromatic rings. The molecule has 0 fully saturated rings. The van der Waals surface area contributed by atoms with Crippen molar-refractivity contribution in [3.05, 3.63) is 11.7 Å². The number of nitrogens with two attached hydrogens (primary N) is 1. The summed E-state index contributed by atoms with van der Waals surface area (Å²) in [5.41, 5.74) is 5.57. The van der Waals surface area contributed by atoms with Gasteiger partial charge in [0.25, 0.3) is 0 Å². The zero-order valence-electron chi connectivity index (χ0n) is 13.0. The lowest BCUT2D eigenvalue weighted by molar-refractivity contribution is -0.0583. The van der Waals surface area contributed by atoms with E-state index in [4.69, 9.17) is 15.0 Å². The van der Waals surface area contributed by atoms with Crippen molar-refractivity contribution in [3.8, 4) is 0 Å². The Morgan fingerprint density at radius 2 is 1.79 bits per heavy atom. The van der Waals surface area contributed by atoms with Crippen LogP contribution in [0, 0.1) is 5.41 Å². The van der Waals surface area contributed by atoms with Gasteiger partial charge in [-0.1, -0.05) is 39.8 Å². The first-order valence-electron chi connectivity index (χ1n) is 7.04. The van der Waals surface area contributed by atoms with Gasteiger partial charge in [0.05, 0.1) is 6.04 Å². The van der Waals surface area contributed by atoms with Crippen molar-refractivity contribution >= 4 is 0 Å². The molecular formula is C14H27N3O2. The SMILES string of the molecule is CCOC(CC)(CC)c1noc([C@@H](N)C(C)(C)C)n1. The maximum atomic E-state index is 6.15. The van der Waals surface area contributed by atoms with Gasteiger partial charge < -0.3 is 15.0 Å². The Bertz CT molecular complexity index is 392. The monoisotopic (exact) mass is 269 g/mol. The molecule has 0 aliphatic heterocycles. The number of aromatic nitrogens is 2. The van der Waals surface area contributed by atoms with Crippen molar-refractivity contribution in [3.63, 3.8) is 0 Å². The Morgan fingerprint density at radius 1 is 1.21 bits per heavy atom. The number of hydrogen-bond acceptors (Lipinski definition) is 5. The second-order valence-electron chi connectivity index (χ2n) is 5.93. The van der Waals surface area contributed by atoms with Crippen LogP contribution in [0.1, 0.15) is 72.1 Å². The fraction of sp³-hybridized carbons (Fsp3) is 0.857. The topological polar surface area (TPSA) is 74.2 Å². The van der Waals surface area contributed by atoms with E-state index < -0.39 is 5.60 Å². The van der Waals surface area contributed by atoms with Gasteiger partial charge >= 0.3 is 0 Å². The fourth-order valence-electron chi connectivity index (χ4n) is 2.03. The van der Waals surface area contributed by atoms with Crippen molar-refractivity contribution in [2.24, 2.45) is 11.1 Å². The Balaban J connectivity index is 3.06. The first-order valence-corrected chi connectivity index (χ1v) is 7.04. The molecule has 0 aliphatic rings. The number of nitrogens with zero attached hydrogens (tertiary/aromatic N) is 2. The Kier molecular flexibility index (Phi) is 5.10. The molecule has 0 saturated heterocycles. The summed E-state index contributed by atoms with van der Waals surface area (Å²) in [7, 11) is 0. The van der Waals surface area contributed by atoms with E-state index >= 15 is 0 Å². The maximum absolute atomic E-state index is 6.15. The van der Waals surface area contributed by atoms with E-state index in [2.05, 4.69) is 44.8 Å². The standard InChI is InChI=1S/C14H27N3O2/c1-7-14(8-2,18-9-3)12-16-11(19-17-12)10(15)13(4,5)6/h10H,7-9,15H2,1-6H3/t10-/m1/s1. The molecule has 2 N–H and O–H groups in total. The van der Waals surface area contributed by atoms with E-state index in [1.165, 1.54) is 0 Å². The van der Waals surface area contributed by atoms with E-state index in [0.29, 0.717) is 18.3 Å². The van der Waals surface area contributed by atoms with Gasteiger partial charge in [0, 0.05) is 6.61 Å². The smallest absolute Gasteiger partial charge is 0.244 e. The van der Waals surface area contributed by atoms with Gasteiger partial charge in [0.2, 0.25) is 11.7 Å². The second-order valence-corrected chi connectivity index (χ2v) is 5.93. The highest BCUT2D eigenvalue weighted by atomic mass is 16.5. The molecule has 0 unspecified atom stereocenters. The van der Waals surface area contributed by atoms with Gasteiger partial charge in [-0.05, 0) is 25.2 Å². The molecule has 0 aliphatic carbocycles. The molecule has 0 radical (unpaired) electrons. The molecule has 110 valence electrons. The van der Waals surface area contributed by atoms with Crippen molar-refractivity contribution in [1.29, 1.82) is 0 Å². The summed E-state index contributed by atoms with van der Waals surface area (Å²) >= 11 is 0. The van der Waals surface area contributed by atoms with Crippen LogP contribution in [0.2, 0.25) is 0 Å². The zero-order chi connectivity index (χ0) is 14.7. The van der Waals surface area contributed by atoms with Crippen LogP contribution in [0.4, 0.5) is 0 Å². The molecule has 1 atom stereocenters. The van der Waals surface area contributed by atoms with Crippen LogP contribution in [0.3, 0.4) is 0 Å². The zero-order valence-corrected chi connectivity index (χ0v) is 13.0. The Hall–Kier alpha value is -0.940. The van der Waals surface area contributed by atoms with E-state index in [9.17, 15) is 0 Å². The number of hydrogen-bond donors (Lipinski definition) is 1. The fourth-order valence-corrected chi connectivity index (χ4v) is 2.03. The van der Waals surface area contributed by atoms with E-state index in [-0.39, 0.29) is 11.5 Å². The van der Waals surface area contributed by atoms with E-state index in [0.717, 1.165) is 12.8 Å². The predicted molar refractivity (Wildman–Crippen MR) is 74.6 cm³/mol. The molecule has 1 heterocycles. The predicted octanol–water partition coefficient (Wildman–Crippen LogP) is 3.17. The average molecular weight is 269 g/mol. The van der Waals surface area contributed by atoms with Crippen LogP contribution in [-0.4, -0.2) is 16.7 Å². The lowest BCUT2D eigenvalue weighted by Crippen LogP contribution is -2.30. The molecule has 0 aromatic carbocycles.